The number of anilines is 3. The number of aryl methyl sites for hydroxylation is 2. The second kappa shape index (κ2) is 6.89. The molecule has 1 aromatic carbocycles. The third-order valence-electron chi connectivity index (χ3n) is 3.32. The minimum absolute atomic E-state index is 0.861. The summed E-state index contributed by atoms with van der Waals surface area (Å²) < 4.78 is 1.11. The lowest BCUT2D eigenvalue weighted by Crippen LogP contribution is -2.07. The zero-order valence-electron chi connectivity index (χ0n) is 12.9. The molecule has 0 saturated carbocycles. The Morgan fingerprint density at radius 2 is 1.86 bits per heavy atom. The third-order valence-corrected chi connectivity index (χ3v) is 4.21. The van der Waals surface area contributed by atoms with Crippen molar-refractivity contribution in [3.05, 3.63) is 39.6 Å². The molecule has 1 heterocycles. The molecule has 0 saturated heterocycles. The van der Waals surface area contributed by atoms with Crippen LogP contribution in [-0.2, 0) is 6.42 Å². The Bertz CT molecular complexity index is 640. The number of nitrogens with zero attached hydrogens (tertiary/aromatic N) is 2. The molecule has 0 unspecified atom stereocenters. The van der Waals surface area contributed by atoms with E-state index in [1.807, 2.05) is 26.1 Å². The van der Waals surface area contributed by atoms with Crippen LogP contribution in [0.15, 0.2) is 22.7 Å². The van der Waals surface area contributed by atoms with Crippen LogP contribution in [0.2, 0.25) is 0 Å². The fraction of sp³-hybridized carbons (Fsp3) is 0.375. The summed E-state index contributed by atoms with van der Waals surface area (Å²) in [7, 11) is 1.89. The molecule has 0 aliphatic carbocycles. The molecule has 2 aromatic rings. The van der Waals surface area contributed by atoms with Gasteiger partial charge in [0.2, 0.25) is 0 Å². The third kappa shape index (κ3) is 3.73. The molecule has 112 valence electrons. The van der Waals surface area contributed by atoms with Gasteiger partial charge in [0.1, 0.15) is 17.5 Å². The van der Waals surface area contributed by atoms with E-state index < -0.39 is 0 Å². The average Bonchev–Trinajstić information content (AvgIpc) is 2.46. The highest BCUT2D eigenvalue weighted by Gasteiger charge is 2.10. The van der Waals surface area contributed by atoms with Crippen LogP contribution in [-0.4, -0.2) is 17.0 Å². The standard InChI is InChI=1S/C16H21BrN4/c1-5-6-14-20-15(18-4)11(3)16(21-14)19-12-7-8-13(17)10(2)9-12/h7-9H,5-6H2,1-4H3,(H2,18,19,20,21). The Labute approximate surface area is 134 Å². The Morgan fingerprint density at radius 3 is 2.48 bits per heavy atom. The SMILES string of the molecule is CCCc1nc(NC)c(C)c(Nc2ccc(Br)c(C)c2)n1. The summed E-state index contributed by atoms with van der Waals surface area (Å²) in [6, 6.07) is 6.18. The van der Waals surface area contributed by atoms with Crippen LogP contribution < -0.4 is 10.6 Å². The van der Waals surface area contributed by atoms with Gasteiger partial charge >= 0.3 is 0 Å². The van der Waals surface area contributed by atoms with Crippen LogP contribution >= 0.6 is 15.9 Å². The zero-order valence-corrected chi connectivity index (χ0v) is 14.5. The normalized spacial score (nSPS) is 10.5. The quantitative estimate of drug-likeness (QED) is 0.829. The van der Waals surface area contributed by atoms with E-state index in [1.54, 1.807) is 0 Å². The molecule has 4 nitrogen and oxygen atoms in total. The predicted molar refractivity (Wildman–Crippen MR) is 92.5 cm³/mol. The van der Waals surface area contributed by atoms with E-state index in [2.05, 4.69) is 56.4 Å². The topological polar surface area (TPSA) is 49.8 Å². The van der Waals surface area contributed by atoms with Gasteiger partial charge in [-0.15, -0.1) is 0 Å². The summed E-state index contributed by atoms with van der Waals surface area (Å²) in [6.45, 7) is 6.23. The Hall–Kier alpha value is -1.62. The molecule has 0 radical (unpaired) electrons. The van der Waals surface area contributed by atoms with Crippen molar-refractivity contribution in [2.24, 2.45) is 0 Å². The summed E-state index contributed by atoms with van der Waals surface area (Å²) in [5.41, 5.74) is 3.24. The summed E-state index contributed by atoms with van der Waals surface area (Å²) in [5, 5.41) is 6.54. The van der Waals surface area contributed by atoms with Gasteiger partial charge in [-0.2, -0.15) is 0 Å². The van der Waals surface area contributed by atoms with Crippen molar-refractivity contribution in [1.82, 2.24) is 9.97 Å². The largest absolute Gasteiger partial charge is 0.373 e. The Kier molecular flexibility index (Phi) is 5.17. The lowest BCUT2D eigenvalue weighted by Gasteiger charge is -2.14. The molecule has 2 N–H and O–H groups in total. The van der Waals surface area contributed by atoms with Crippen molar-refractivity contribution >= 4 is 33.3 Å². The number of halogens is 1. The monoisotopic (exact) mass is 348 g/mol. The van der Waals surface area contributed by atoms with E-state index in [-0.39, 0.29) is 0 Å². The highest BCUT2D eigenvalue weighted by atomic mass is 79.9. The van der Waals surface area contributed by atoms with Crippen LogP contribution in [0.3, 0.4) is 0 Å². The van der Waals surface area contributed by atoms with Gasteiger partial charge in [-0.3, -0.25) is 0 Å². The maximum Gasteiger partial charge on any atom is 0.139 e. The fourth-order valence-electron chi connectivity index (χ4n) is 2.12. The summed E-state index contributed by atoms with van der Waals surface area (Å²) in [6.07, 6.45) is 1.91. The number of aromatic nitrogens is 2. The number of rotatable bonds is 5. The first kappa shape index (κ1) is 15.8. The molecular formula is C16H21BrN4. The van der Waals surface area contributed by atoms with E-state index in [0.717, 1.165) is 46.0 Å². The van der Waals surface area contributed by atoms with Gasteiger partial charge in [0.05, 0.1) is 0 Å². The molecule has 21 heavy (non-hydrogen) atoms. The Morgan fingerprint density at radius 1 is 1.14 bits per heavy atom. The summed E-state index contributed by atoms with van der Waals surface area (Å²) >= 11 is 3.52. The van der Waals surface area contributed by atoms with Crippen molar-refractivity contribution in [1.29, 1.82) is 0 Å². The van der Waals surface area contributed by atoms with Gasteiger partial charge in [-0.05, 0) is 44.0 Å². The first-order valence-corrected chi connectivity index (χ1v) is 7.93. The first-order valence-electron chi connectivity index (χ1n) is 7.13. The lowest BCUT2D eigenvalue weighted by atomic mass is 10.2. The average molecular weight is 349 g/mol. The molecule has 0 bridgehead atoms. The van der Waals surface area contributed by atoms with E-state index in [4.69, 9.17) is 0 Å². The Balaban J connectivity index is 2.37. The molecule has 0 atom stereocenters. The molecule has 0 aliphatic rings. The molecular weight excluding hydrogens is 328 g/mol. The van der Waals surface area contributed by atoms with Crippen molar-refractivity contribution in [2.45, 2.75) is 33.6 Å². The van der Waals surface area contributed by atoms with Crippen LogP contribution in [0.1, 0.15) is 30.3 Å². The molecule has 1 aromatic heterocycles. The van der Waals surface area contributed by atoms with Crippen LogP contribution in [0.4, 0.5) is 17.3 Å². The van der Waals surface area contributed by atoms with E-state index >= 15 is 0 Å². The summed E-state index contributed by atoms with van der Waals surface area (Å²) in [5.74, 6) is 2.60. The first-order chi connectivity index (χ1) is 10.0. The fourth-order valence-corrected chi connectivity index (χ4v) is 2.37. The van der Waals surface area contributed by atoms with Crippen molar-refractivity contribution in [3.63, 3.8) is 0 Å². The van der Waals surface area contributed by atoms with E-state index in [9.17, 15) is 0 Å². The van der Waals surface area contributed by atoms with Gasteiger partial charge in [0.15, 0.2) is 0 Å². The lowest BCUT2D eigenvalue weighted by molar-refractivity contribution is 0.835. The van der Waals surface area contributed by atoms with Crippen molar-refractivity contribution < 1.29 is 0 Å². The molecule has 0 spiro atoms. The number of hydrogen-bond donors (Lipinski definition) is 2. The maximum atomic E-state index is 4.64. The minimum Gasteiger partial charge on any atom is -0.373 e. The smallest absolute Gasteiger partial charge is 0.139 e. The van der Waals surface area contributed by atoms with Gasteiger partial charge in [-0.25, -0.2) is 9.97 Å². The molecule has 2 rings (SSSR count). The molecule has 0 aliphatic heterocycles. The van der Waals surface area contributed by atoms with Crippen LogP contribution in [0.25, 0.3) is 0 Å². The number of hydrogen-bond acceptors (Lipinski definition) is 4. The highest BCUT2D eigenvalue weighted by molar-refractivity contribution is 9.10. The van der Waals surface area contributed by atoms with Crippen LogP contribution in [0, 0.1) is 13.8 Å². The van der Waals surface area contributed by atoms with Crippen molar-refractivity contribution in [2.75, 3.05) is 17.7 Å². The highest BCUT2D eigenvalue weighted by Crippen LogP contribution is 2.26. The predicted octanol–water partition coefficient (Wildman–Crippen LogP) is 4.59. The summed E-state index contributed by atoms with van der Waals surface area (Å²) in [4.78, 5) is 9.19. The van der Waals surface area contributed by atoms with Gasteiger partial charge < -0.3 is 10.6 Å². The maximum absolute atomic E-state index is 4.64. The van der Waals surface area contributed by atoms with Crippen molar-refractivity contribution in [3.8, 4) is 0 Å². The number of benzene rings is 1. The molecule has 0 amide bonds. The number of nitrogens with one attached hydrogen (secondary N) is 2. The molecule has 5 heteroatoms. The van der Waals surface area contributed by atoms with Gasteiger partial charge in [0, 0.05) is 29.2 Å². The minimum atomic E-state index is 0.861. The second-order valence-electron chi connectivity index (χ2n) is 5.05. The van der Waals surface area contributed by atoms with Gasteiger partial charge in [0.25, 0.3) is 0 Å². The van der Waals surface area contributed by atoms with Gasteiger partial charge in [-0.1, -0.05) is 22.9 Å². The van der Waals surface area contributed by atoms with Crippen LogP contribution in [0.5, 0.6) is 0 Å². The second-order valence-corrected chi connectivity index (χ2v) is 5.91. The van der Waals surface area contributed by atoms with E-state index in [1.165, 1.54) is 5.56 Å². The van der Waals surface area contributed by atoms with E-state index in [0.29, 0.717) is 0 Å². The molecule has 0 fully saturated rings. The zero-order chi connectivity index (χ0) is 15.4.